The van der Waals surface area contributed by atoms with E-state index in [9.17, 15) is 0 Å². The van der Waals surface area contributed by atoms with Gasteiger partial charge in [0, 0.05) is 10.5 Å². The molecule has 2 heteroatoms. The maximum atomic E-state index is 4.11. The van der Waals surface area contributed by atoms with Gasteiger partial charge in [-0.05, 0) is 54.4 Å². The van der Waals surface area contributed by atoms with Crippen molar-refractivity contribution >= 4 is 26.7 Å². The van der Waals surface area contributed by atoms with Crippen LogP contribution in [-0.2, 0) is 0 Å². The normalized spacial score (nSPS) is 12.6. The molecule has 2 rings (SSSR count). The zero-order chi connectivity index (χ0) is 13.8. The molecule has 19 heavy (non-hydrogen) atoms. The van der Waals surface area contributed by atoms with Crippen LogP contribution in [0.15, 0.2) is 53.0 Å². The Morgan fingerprint density at radius 3 is 2.58 bits per heavy atom. The van der Waals surface area contributed by atoms with Crippen LogP contribution >= 0.6 is 15.9 Å². The van der Waals surface area contributed by atoms with Crippen LogP contribution < -0.4 is 5.32 Å². The molecule has 1 N–H and O–H groups in total. The van der Waals surface area contributed by atoms with Gasteiger partial charge in [0.15, 0.2) is 0 Å². The average Bonchev–Trinajstić information content (AvgIpc) is 2.43. The van der Waals surface area contributed by atoms with Gasteiger partial charge in [-0.2, -0.15) is 0 Å². The average molecular weight is 318 g/mol. The van der Waals surface area contributed by atoms with Gasteiger partial charge in [-0.15, -0.1) is 0 Å². The minimum atomic E-state index is 0.348. The van der Waals surface area contributed by atoms with Crippen molar-refractivity contribution in [1.82, 2.24) is 5.32 Å². The Balaban J connectivity index is 2.33. The molecule has 0 aliphatic carbocycles. The molecule has 0 spiro atoms. The van der Waals surface area contributed by atoms with Crippen molar-refractivity contribution in [3.05, 3.63) is 58.6 Å². The molecule has 0 fully saturated rings. The molecule has 0 amide bonds. The second-order valence-electron chi connectivity index (χ2n) is 4.90. The Morgan fingerprint density at radius 1 is 1.21 bits per heavy atom. The lowest BCUT2D eigenvalue weighted by atomic mass is 9.96. The third kappa shape index (κ3) is 3.46. The van der Waals surface area contributed by atoms with Gasteiger partial charge < -0.3 is 5.32 Å². The van der Waals surface area contributed by atoms with Gasteiger partial charge in [0.1, 0.15) is 0 Å². The lowest BCUT2D eigenvalue weighted by molar-refractivity contribution is 0.583. The minimum absolute atomic E-state index is 0.348. The summed E-state index contributed by atoms with van der Waals surface area (Å²) in [5.74, 6) is 0. The second kappa shape index (κ2) is 6.36. The Bertz CT molecular complexity index is 589. The van der Waals surface area contributed by atoms with Crippen LogP contribution in [0.5, 0.6) is 0 Å². The molecule has 1 nitrogen and oxygen atoms in total. The predicted octanol–water partition coefficient (Wildman–Crippen LogP) is 5.22. The number of hydrogen-bond acceptors (Lipinski definition) is 1. The van der Waals surface area contributed by atoms with E-state index in [-0.39, 0.29) is 0 Å². The van der Waals surface area contributed by atoms with E-state index in [0.717, 1.165) is 17.3 Å². The maximum absolute atomic E-state index is 4.11. The van der Waals surface area contributed by atoms with Crippen LogP contribution in [0.4, 0.5) is 0 Å². The van der Waals surface area contributed by atoms with E-state index in [0.29, 0.717) is 6.04 Å². The lowest BCUT2D eigenvalue weighted by Gasteiger charge is -2.18. The zero-order valence-corrected chi connectivity index (χ0v) is 13.1. The molecule has 2 aromatic carbocycles. The summed E-state index contributed by atoms with van der Waals surface area (Å²) in [5.41, 5.74) is 2.61. The van der Waals surface area contributed by atoms with Crippen molar-refractivity contribution in [2.24, 2.45) is 0 Å². The van der Waals surface area contributed by atoms with E-state index >= 15 is 0 Å². The van der Waals surface area contributed by atoms with Gasteiger partial charge in [0.05, 0.1) is 0 Å². The molecule has 0 aliphatic heterocycles. The van der Waals surface area contributed by atoms with Crippen molar-refractivity contribution in [2.45, 2.75) is 25.8 Å². The van der Waals surface area contributed by atoms with Gasteiger partial charge in [0.25, 0.3) is 0 Å². The van der Waals surface area contributed by atoms with Crippen LogP contribution in [0.25, 0.3) is 10.8 Å². The Hall–Kier alpha value is -1.12. The molecule has 0 saturated heterocycles. The third-order valence-electron chi connectivity index (χ3n) is 3.57. The van der Waals surface area contributed by atoms with Gasteiger partial charge in [-0.1, -0.05) is 53.2 Å². The van der Waals surface area contributed by atoms with E-state index in [1.54, 1.807) is 0 Å². The van der Waals surface area contributed by atoms with Gasteiger partial charge in [-0.3, -0.25) is 0 Å². The standard InChI is InChI=1S/C17H20BrN/c1-4-12(2)9-17(19-3)15-6-5-14-11-16(18)8-7-13(14)10-15/h5-8,10-11,17,19H,2,4,9H2,1,3H3. The minimum Gasteiger partial charge on any atom is -0.313 e. The first-order valence-electron chi connectivity index (χ1n) is 6.67. The number of nitrogens with one attached hydrogen (secondary N) is 1. The Labute approximate surface area is 123 Å². The molecule has 0 aliphatic rings. The molecular formula is C17H20BrN. The number of hydrogen-bond donors (Lipinski definition) is 1. The predicted molar refractivity (Wildman–Crippen MR) is 87.5 cm³/mol. The van der Waals surface area contributed by atoms with Gasteiger partial charge in [-0.25, -0.2) is 0 Å². The molecular weight excluding hydrogens is 298 g/mol. The van der Waals surface area contributed by atoms with E-state index in [1.165, 1.54) is 21.9 Å². The lowest BCUT2D eigenvalue weighted by Crippen LogP contribution is -2.16. The first-order chi connectivity index (χ1) is 9.13. The fourth-order valence-corrected chi connectivity index (χ4v) is 2.65. The molecule has 0 bridgehead atoms. The summed E-state index contributed by atoms with van der Waals surface area (Å²) < 4.78 is 1.12. The first kappa shape index (κ1) is 14.3. The number of halogens is 1. The molecule has 0 radical (unpaired) electrons. The van der Waals surface area contributed by atoms with Crippen molar-refractivity contribution in [1.29, 1.82) is 0 Å². The molecule has 0 heterocycles. The SMILES string of the molecule is C=C(CC)CC(NC)c1ccc2cc(Br)ccc2c1. The van der Waals surface area contributed by atoms with Crippen molar-refractivity contribution < 1.29 is 0 Å². The topological polar surface area (TPSA) is 12.0 Å². The van der Waals surface area contributed by atoms with E-state index in [4.69, 9.17) is 0 Å². The summed E-state index contributed by atoms with van der Waals surface area (Å²) in [4.78, 5) is 0. The monoisotopic (exact) mass is 317 g/mol. The van der Waals surface area contributed by atoms with E-state index in [1.807, 2.05) is 7.05 Å². The fraction of sp³-hybridized carbons (Fsp3) is 0.294. The number of benzene rings is 2. The van der Waals surface area contributed by atoms with E-state index < -0.39 is 0 Å². The molecule has 1 unspecified atom stereocenters. The van der Waals surface area contributed by atoms with Crippen molar-refractivity contribution in [3.63, 3.8) is 0 Å². The summed E-state index contributed by atoms with van der Waals surface area (Å²) >= 11 is 3.51. The van der Waals surface area contributed by atoms with Crippen molar-refractivity contribution in [2.75, 3.05) is 7.05 Å². The van der Waals surface area contributed by atoms with Gasteiger partial charge >= 0.3 is 0 Å². The number of rotatable bonds is 5. The summed E-state index contributed by atoms with van der Waals surface area (Å²) in [6.07, 6.45) is 2.04. The van der Waals surface area contributed by atoms with Crippen molar-refractivity contribution in [3.8, 4) is 0 Å². The zero-order valence-electron chi connectivity index (χ0n) is 11.5. The molecule has 1 atom stereocenters. The Morgan fingerprint density at radius 2 is 1.89 bits per heavy atom. The maximum Gasteiger partial charge on any atom is 0.0355 e. The second-order valence-corrected chi connectivity index (χ2v) is 5.82. The van der Waals surface area contributed by atoms with Gasteiger partial charge in [0.2, 0.25) is 0 Å². The highest BCUT2D eigenvalue weighted by atomic mass is 79.9. The van der Waals surface area contributed by atoms with Crippen LogP contribution in [0, 0.1) is 0 Å². The highest BCUT2D eigenvalue weighted by Gasteiger charge is 2.10. The fourth-order valence-electron chi connectivity index (χ4n) is 2.27. The third-order valence-corrected chi connectivity index (χ3v) is 4.06. The quantitative estimate of drug-likeness (QED) is 0.745. The molecule has 0 aromatic heterocycles. The van der Waals surface area contributed by atoms with Crippen LogP contribution in [0.3, 0.4) is 0 Å². The summed E-state index contributed by atoms with van der Waals surface area (Å²) in [6, 6.07) is 13.4. The summed E-state index contributed by atoms with van der Waals surface area (Å²) in [5, 5.41) is 5.94. The smallest absolute Gasteiger partial charge is 0.0355 e. The highest BCUT2D eigenvalue weighted by Crippen LogP contribution is 2.26. The van der Waals surface area contributed by atoms with Crippen LogP contribution in [0.1, 0.15) is 31.4 Å². The molecule has 100 valence electrons. The molecule has 0 saturated carbocycles. The Kier molecular flexibility index (Phi) is 4.78. The largest absolute Gasteiger partial charge is 0.313 e. The number of fused-ring (bicyclic) bond motifs is 1. The van der Waals surface area contributed by atoms with E-state index in [2.05, 4.69) is 71.1 Å². The van der Waals surface area contributed by atoms with Crippen LogP contribution in [0.2, 0.25) is 0 Å². The summed E-state index contributed by atoms with van der Waals surface area (Å²) in [6.45, 7) is 6.27. The molecule has 2 aromatic rings. The highest BCUT2D eigenvalue weighted by molar-refractivity contribution is 9.10. The summed E-state index contributed by atoms with van der Waals surface area (Å²) in [7, 11) is 2.01. The van der Waals surface area contributed by atoms with Crippen LogP contribution in [-0.4, -0.2) is 7.05 Å². The first-order valence-corrected chi connectivity index (χ1v) is 7.46.